The van der Waals surface area contributed by atoms with Gasteiger partial charge in [-0.3, -0.25) is 4.79 Å². The molecule has 0 fully saturated rings. The maximum Gasteiger partial charge on any atom is 0.358 e. The summed E-state index contributed by atoms with van der Waals surface area (Å²) in [7, 11) is -1.29. The van der Waals surface area contributed by atoms with Gasteiger partial charge in [-0.2, -0.15) is 0 Å². The lowest BCUT2D eigenvalue weighted by atomic mass is 10.4. The molecule has 0 aliphatic rings. The minimum Gasteiger partial charge on any atom is -0.464 e. The van der Waals surface area contributed by atoms with Crippen LogP contribution in [-0.2, 0) is 19.6 Å². The van der Waals surface area contributed by atoms with Crippen LogP contribution in [0.4, 0.5) is 0 Å². The maximum absolute atomic E-state index is 11.9. The lowest BCUT2D eigenvalue weighted by molar-refractivity contribution is -0.120. The number of rotatable bonds is 6. The van der Waals surface area contributed by atoms with E-state index < -0.39 is 16.0 Å². The SMILES string of the molecule is CNC(=O)CCNS(=O)(=O)c1scnc1C(=O)OC. The van der Waals surface area contributed by atoms with Crippen molar-refractivity contribution in [2.75, 3.05) is 20.7 Å². The van der Waals surface area contributed by atoms with Gasteiger partial charge in [-0.15, -0.1) is 11.3 Å². The number of ether oxygens (including phenoxy) is 1. The maximum atomic E-state index is 11.9. The van der Waals surface area contributed by atoms with Crippen molar-refractivity contribution in [3.8, 4) is 0 Å². The molecule has 0 radical (unpaired) electrons. The molecule has 8 nitrogen and oxygen atoms in total. The third kappa shape index (κ3) is 3.98. The second kappa shape index (κ2) is 6.59. The number of esters is 1. The molecule has 1 aromatic heterocycles. The molecule has 0 aliphatic carbocycles. The zero-order chi connectivity index (χ0) is 14.5. The molecule has 19 heavy (non-hydrogen) atoms. The summed E-state index contributed by atoms with van der Waals surface area (Å²) in [5.74, 6) is -1.12. The average molecular weight is 307 g/mol. The van der Waals surface area contributed by atoms with Crippen molar-refractivity contribution in [3.05, 3.63) is 11.2 Å². The predicted octanol–water partition coefficient (Wildman–Crippen LogP) is -0.656. The van der Waals surface area contributed by atoms with Gasteiger partial charge in [0, 0.05) is 20.0 Å². The molecule has 10 heteroatoms. The Kier molecular flexibility index (Phi) is 5.39. The first kappa shape index (κ1) is 15.5. The van der Waals surface area contributed by atoms with Crippen LogP contribution in [-0.4, -0.2) is 46.0 Å². The molecule has 0 bridgehead atoms. The number of carbonyl (C=O) groups excluding carboxylic acids is 2. The highest BCUT2D eigenvalue weighted by Crippen LogP contribution is 2.20. The summed E-state index contributed by atoms with van der Waals surface area (Å²) in [6, 6.07) is 0. The van der Waals surface area contributed by atoms with E-state index in [2.05, 4.69) is 19.8 Å². The predicted molar refractivity (Wildman–Crippen MR) is 67.3 cm³/mol. The molecule has 1 rings (SSSR count). The normalized spacial score (nSPS) is 11.1. The fourth-order valence-electron chi connectivity index (χ4n) is 1.15. The van der Waals surface area contributed by atoms with Gasteiger partial charge in [0.15, 0.2) is 9.90 Å². The van der Waals surface area contributed by atoms with Crippen molar-refractivity contribution >= 4 is 33.2 Å². The molecule has 1 amide bonds. The molecule has 2 N–H and O–H groups in total. The van der Waals surface area contributed by atoms with E-state index in [1.165, 1.54) is 12.6 Å². The van der Waals surface area contributed by atoms with E-state index in [-0.39, 0.29) is 28.8 Å². The van der Waals surface area contributed by atoms with E-state index in [9.17, 15) is 18.0 Å². The molecule has 0 aliphatic heterocycles. The summed E-state index contributed by atoms with van der Waals surface area (Å²) < 4.78 is 30.3. The Morgan fingerprint density at radius 3 is 2.74 bits per heavy atom. The highest BCUT2D eigenvalue weighted by molar-refractivity contribution is 7.91. The van der Waals surface area contributed by atoms with Crippen molar-refractivity contribution in [3.63, 3.8) is 0 Å². The first-order valence-corrected chi connectivity index (χ1v) is 7.50. The second-order valence-corrected chi connectivity index (χ2v) is 6.12. The molecule has 1 heterocycles. The Labute approximate surface area is 114 Å². The van der Waals surface area contributed by atoms with Gasteiger partial charge in [0.2, 0.25) is 5.91 Å². The van der Waals surface area contributed by atoms with Crippen LogP contribution < -0.4 is 10.0 Å². The smallest absolute Gasteiger partial charge is 0.358 e. The Bertz CT molecular complexity index is 566. The number of sulfonamides is 1. The van der Waals surface area contributed by atoms with Gasteiger partial charge in [0.1, 0.15) is 0 Å². The molecular formula is C9H13N3O5S2. The fraction of sp³-hybridized carbons (Fsp3) is 0.444. The Hall–Kier alpha value is -1.52. The Morgan fingerprint density at radius 1 is 1.47 bits per heavy atom. The van der Waals surface area contributed by atoms with E-state index in [0.717, 1.165) is 18.4 Å². The van der Waals surface area contributed by atoms with Crippen LogP contribution in [0.5, 0.6) is 0 Å². The van der Waals surface area contributed by atoms with Crippen LogP contribution in [0.1, 0.15) is 16.9 Å². The molecular weight excluding hydrogens is 294 g/mol. The molecule has 1 aromatic rings. The van der Waals surface area contributed by atoms with Crippen molar-refractivity contribution in [1.82, 2.24) is 15.0 Å². The van der Waals surface area contributed by atoms with E-state index in [4.69, 9.17) is 0 Å². The summed E-state index contributed by atoms with van der Waals surface area (Å²) in [4.78, 5) is 26.0. The zero-order valence-corrected chi connectivity index (χ0v) is 11.9. The summed E-state index contributed by atoms with van der Waals surface area (Å²) in [5, 5.41) is 2.37. The van der Waals surface area contributed by atoms with Crippen molar-refractivity contribution in [2.24, 2.45) is 0 Å². The molecule has 0 saturated heterocycles. The number of nitrogens with zero attached hydrogens (tertiary/aromatic N) is 1. The minimum absolute atomic E-state index is 0.00207. The number of hydrogen-bond acceptors (Lipinski definition) is 7. The number of nitrogens with one attached hydrogen (secondary N) is 2. The number of methoxy groups -OCH3 is 1. The molecule has 0 saturated carbocycles. The standard InChI is InChI=1S/C9H13N3O5S2/c1-10-6(13)3-4-12-19(15,16)9-7(8(14)17-2)11-5-18-9/h5,12H,3-4H2,1-2H3,(H,10,13). The van der Waals surface area contributed by atoms with Gasteiger partial charge >= 0.3 is 5.97 Å². The second-order valence-electron chi connectivity index (χ2n) is 3.30. The van der Waals surface area contributed by atoms with Gasteiger partial charge in [0.25, 0.3) is 10.0 Å². The molecule has 106 valence electrons. The van der Waals surface area contributed by atoms with Gasteiger partial charge in [-0.25, -0.2) is 22.9 Å². The Morgan fingerprint density at radius 2 is 2.16 bits per heavy atom. The number of thiazole rings is 1. The van der Waals surface area contributed by atoms with Gasteiger partial charge < -0.3 is 10.1 Å². The van der Waals surface area contributed by atoms with Crippen molar-refractivity contribution in [1.29, 1.82) is 0 Å². The average Bonchev–Trinajstić information content (AvgIpc) is 2.87. The van der Waals surface area contributed by atoms with E-state index >= 15 is 0 Å². The van der Waals surface area contributed by atoms with Crippen LogP contribution in [0.15, 0.2) is 9.72 Å². The quantitative estimate of drug-likeness (QED) is 0.675. The third-order valence-electron chi connectivity index (χ3n) is 2.08. The first-order valence-electron chi connectivity index (χ1n) is 5.14. The lowest BCUT2D eigenvalue weighted by Crippen LogP contribution is -2.29. The van der Waals surface area contributed by atoms with Crippen LogP contribution >= 0.6 is 11.3 Å². The highest BCUT2D eigenvalue weighted by atomic mass is 32.2. The largest absolute Gasteiger partial charge is 0.464 e. The fourth-order valence-corrected chi connectivity index (χ4v) is 3.35. The van der Waals surface area contributed by atoms with Crippen LogP contribution in [0.3, 0.4) is 0 Å². The number of aromatic nitrogens is 1. The molecule has 0 atom stereocenters. The van der Waals surface area contributed by atoms with Crippen LogP contribution in [0, 0.1) is 0 Å². The zero-order valence-electron chi connectivity index (χ0n) is 10.3. The highest BCUT2D eigenvalue weighted by Gasteiger charge is 2.26. The minimum atomic E-state index is -3.88. The number of carbonyl (C=O) groups is 2. The number of hydrogen-bond donors (Lipinski definition) is 2. The van der Waals surface area contributed by atoms with Gasteiger partial charge in [0.05, 0.1) is 12.6 Å². The van der Waals surface area contributed by atoms with Crippen LogP contribution in [0.2, 0.25) is 0 Å². The van der Waals surface area contributed by atoms with Gasteiger partial charge in [-0.1, -0.05) is 0 Å². The number of amides is 1. The summed E-state index contributed by atoms with van der Waals surface area (Å²) in [6.07, 6.45) is 0.00207. The first-order chi connectivity index (χ1) is 8.92. The Balaban J connectivity index is 2.81. The van der Waals surface area contributed by atoms with E-state index in [1.807, 2.05) is 0 Å². The molecule has 0 spiro atoms. The molecule has 0 unspecified atom stereocenters. The van der Waals surface area contributed by atoms with E-state index in [1.54, 1.807) is 0 Å². The summed E-state index contributed by atoms with van der Waals surface area (Å²) >= 11 is 0.802. The van der Waals surface area contributed by atoms with Crippen LogP contribution in [0.25, 0.3) is 0 Å². The van der Waals surface area contributed by atoms with E-state index in [0.29, 0.717) is 0 Å². The van der Waals surface area contributed by atoms with Crippen molar-refractivity contribution < 1.29 is 22.7 Å². The molecule has 0 aromatic carbocycles. The topological polar surface area (TPSA) is 114 Å². The lowest BCUT2D eigenvalue weighted by Gasteiger charge is -2.05. The summed E-state index contributed by atoms with van der Waals surface area (Å²) in [6.45, 7) is -0.0689. The van der Waals surface area contributed by atoms with Crippen molar-refractivity contribution in [2.45, 2.75) is 10.6 Å². The monoisotopic (exact) mass is 307 g/mol. The summed E-state index contributed by atoms with van der Waals surface area (Å²) in [5.41, 5.74) is 0.972. The third-order valence-corrected chi connectivity index (χ3v) is 4.91. The van der Waals surface area contributed by atoms with Gasteiger partial charge in [-0.05, 0) is 0 Å².